The van der Waals surface area contributed by atoms with E-state index in [-0.39, 0.29) is 17.0 Å². The SMILES string of the molecule is NCc1cccc(C(N)(OS(=O)(=O)c2ccccc2)C(=O)Nc2ccncc2)c1. The van der Waals surface area contributed by atoms with Crippen molar-refractivity contribution in [2.75, 3.05) is 5.32 Å². The maximum Gasteiger partial charge on any atom is 0.299 e. The maximum absolute atomic E-state index is 13.1. The maximum atomic E-state index is 13.1. The number of carbonyl (C=O) groups excluding carboxylic acids is 1. The highest BCUT2D eigenvalue weighted by Gasteiger charge is 2.43. The zero-order valence-electron chi connectivity index (χ0n) is 15.4. The first-order chi connectivity index (χ1) is 13.8. The average molecular weight is 412 g/mol. The zero-order valence-corrected chi connectivity index (χ0v) is 16.2. The minimum absolute atomic E-state index is 0.124. The van der Waals surface area contributed by atoms with Crippen molar-refractivity contribution >= 4 is 21.7 Å². The molecule has 3 aromatic rings. The number of rotatable bonds is 7. The summed E-state index contributed by atoms with van der Waals surface area (Å²) >= 11 is 0. The molecule has 1 heterocycles. The lowest BCUT2D eigenvalue weighted by molar-refractivity contribution is -0.131. The first kappa shape index (κ1) is 20.6. The van der Waals surface area contributed by atoms with Gasteiger partial charge in [0.05, 0.1) is 4.90 Å². The van der Waals surface area contributed by atoms with Gasteiger partial charge in [0.2, 0.25) is 5.72 Å². The summed E-state index contributed by atoms with van der Waals surface area (Å²) in [5.41, 5.74) is 10.8. The van der Waals surface area contributed by atoms with Crippen molar-refractivity contribution < 1.29 is 17.4 Å². The van der Waals surface area contributed by atoms with Crippen LogP contribution >= 0.6 is 0 Å². The van der Waals surface area contributed by atoms with Gasteiger partial charge in [0.1, 0.15) is 0 Å². The van der Waals surface area contributed by atoms with E-state index in [4.69, 9.17) is 15.7 Å². The standard InChI is InChI=1S/C20H20N4O4S/c21-14-15-5-4-6-16(13-15)20(22,19(25)24-17-9-11-23-12-10-17)28-29(26,27)18-7-2-1-3-8-18/h1-13H,14,21-22H2,(H,23,24,25). The molecule has 2 aromatic carbocycles. The molecule has 29 heavy (non-hydrogen) atoms. The Labute approximate surface area is 168 Å². The predicted octanol–water partition coefficient (Wildman–Crippen LogP) is 1.70. The summed E-state index contributed by atoms with van der Waals surface area (Å²) in [5, 5.41) is 2.57. The molecule has 3 rings (SSSR count). The number of nitrogens with one attached hydrogen (secondary N) is 1. The van der Waals surface area contributed by atoms with Crippen molar-refractivity contribution in [2.24, 2.45) is 11.5 Å². The molecule has 9 heteroatoms. The third kappa shape index (κ3) is 4.66. The van der Waals surface area contributed by atoms with Gasteiger partial charge in [0, 0.05) is 30.2 Å². The zero-order chi connectivity index (χ0) is 20.9. The van der Waals surface area contributed by atoms with Crippen LogP contribution in [0.2, 0.25) is 0 Å². The van der Waals surface area contributed by atoms with Crippen LogP contribution in [0.15, 0.2) is 84.0 Å². The third-order valence-electron chi connectivity index (χ3n) is 4.14. The molecule has 8 nitrogen and oxygen atoms in total. The number of amides is 1. The summed E-state index contributed by atoms with van der Waals surface area (Å²) in [4.78, 5) is 16.8. The fraction of sp³-hybridized carbons (Fsp3) is 0.100. The normalized spacial score (nSPS) is 13.4. The fourth-order valence-corrected chi connectivity index (χ4v) is 3.72. The van der Waals surface area contributed by atoms with E-state index in [0.717, 1.165) is 0 Å². The fourth-order valence-electron chi connectivity index (χ4n) is 2.61. The van der Waals surface area contributed by atoms with Crippen LogP contribution in [0, 0.1) is 0 Å². The Kier molecular flexibility index (Phi) is 6.04. The van der Waals surface area contributed by atoms with Gasteiger partial charge in [-0.1, -0.05) is 36.4 Å². The molecule has 0 spiro atoms. The lowest BCUT2D eigenvalue weighted by Gasteiger charge is -2.28. The van der Waals surface area contributed by atoms with Crippen molar-refractivity contribution in [3.8, 4) is 0 Å². The van der Waals surface area contributed by atoms with Gasteiger partial charge in [-0.2, -0.15) is 8.42 Å². The van der Waals surface area contributed by atoms with Gasteiger partial charge < -0.3 is 11.1 Å². The van der Waals surface area contributed by atoms with Gasteiger partial charge in [-0.3, -0.25) is 15.5 Å². The van der Waals surface area contributed by atoms with Crippen LogP contribution in [0.25, 0.3) is 0 Å². The topological polar surface area (TPSA) is 137 Å². The molecule has 1 amide bonds. The van der Waals surface area contributed by atoms with E-state index in [1.54, 1.807) is 42.5 Å². The van der Waals surface area contributed by atoms with E-state index >= 15 is 0 Å². The van der Waals surface area contributed by atoms with Crippen molar-refractivity contribution in [3.05, 3.63) is 90.3 Å². The summed E-state index contributed by atoms with van der Waals surface area (Å²) in [6.07, 6.45) is 2.95. The Morgan fingerprint density at radius 1 is 1.03 bits per heavy atom. The first-order valence-electron chi connectivity index (χ1n) is 8.66. The highest BCUT2D eigenvalue weighted by Crippen LogP contribution is 2.28. The van der Waals surface area contributed by atoms with E-state index in [1.165, 1.54) is 36.7 Å². The Morgan fingerprint density at radius 3 is 2.38 bits per heavy atom. The lowest BCUT2D eigenvalue weighted by Crippen LogP contribution is -2.51. The number of nitrogens with zero attached hydrogens (tertiary/aromatic N) is 1. The van der Waals surface area contributed by atoms with Gasteiger partial charge in [0.25, 0.3) is 16.0 Å². The second-order valence-corrected chi connectivity index (χ2v) is 7.73. The van der Waals surface area contributed by atoms with Crippen LogP contribution in [0.1, 0.15) is 11.1 Å². The molecule has 0 fully saturated rings. The smallest absolute Gasteiger partial charge is 0.299 e. The van der Waals surface area contributed by atoms with Gasteiger partial charge in [-0.25, -0.2) is 4.18 Å². The molecule has 1 atom stereocenters. The number of carbonyl (C=O) groups is 1. The van der Waals surface area contributed by atoms with Crippen molar-refractivity contribution in [1.29, 1.82) is 0 Å². The molecular formula is C20H20N4O4S. The summed E-state index contributed by atoms with van der Waals surface area (Å²) in [7, 11) is -4.35. The number of pyridine rings is 1. The molecule has 1 aromatic heterocycles. The molecule has 1 unspecified atom stereocenters. The van der Waals surface area contributed by atoms with Gasteiger partial charge in [-0.05, 0) is 35.9 Å². The lowest BCUT2D eigenvalue weighted by atomic mass is 10.00. The predicted molar refractivity (Wildman–Crippen MR) is 108 cm³/mol. The van der Waals surface area contributed by atoms with Crippen molar-refractivity contribution in [3.63, 3.8) is 0 Å². The van der Waals surface area contributed by atoms with Crippen LogP contribution in [-0.4, -0.2) is 19.3 Å². The van der Waals surface area contributed by atoms with E-state index < -0.39 is 21.8 Å². The van der Waals surface area contributed by atoms with E-state index in [2.05, 4.69) is 10.3 Å². The third-order valence-corrected chi connectivity index (χ3v) is 5.47. The number of aromatic nitrogens is 1. The molecule has 0 saturated heterocycles. The van der Waals surface area contributed by atoms with E-state index in [0.29, 0.717) is 11.3 Å². The molecule has 0 aliphatic rings. The number of nitrogens with two attached hydrogens (primary N) is 2. The Hall–Kier alpha value is -3.11. The van der Waals surface area contributed by atoms with Crippen LogP contribution < -0.4 is 16.8 Å². The minimum Gasteiger partial charge on any atom is -0.326 e. The van der Waals surface area contributed by atoms with Crippen molar-refractivity contribution in [1.82, 2.24) is 4.98 Å². The molecular weight excluding hydrogens is 392 g/mol. The van der Waals surface area contributed by atoms with Gasteiger partial charge in [0.15, 0.2) is 0 Å². The van der Waals surface area contributed by atoms with Crippen LogP contribution in [0.3, 0.4) is 0 Å². The van der Waals surface area contributed by atoms with E-state index in [9.17, 15) is 13.2 Å². The van der Waals surface area contributed by atoms with Crippen LogP contribution in [0.4, 0.5) is 5.69 Å². The summed E-state index contributed by atoms with van der Waals surface area (Å²) in [6.45, 7) is 0.182. The van der Waals surface area contributed by atoms with Crippen LogP contribution in [-0.2, 0) is 31.4 Å². The second-order valence-electron chi connectivity index (χ2n) is 6.18. The monoisotopic (exact) mass is 412 g/mol. The summed E-state index contributed by atoms with van der Waals surface area (Å²) in [5.74, 6) is -0.864. The average Bonchev–Trinajstić information content (AvgIpc) is 2.74. The molecule has 0 bridgehead atoms. The molecule has 0 aliphatic heterocycles. The van der Waals surface area contributed by atoms with Gasteiger partial charge in [-0.15, -0.1) is 0 Å². The molecule has 0 radical (unpaired) electrons. The second kappa shape index (κ2) is 8.50. The number of hydrogen-bond donors (Lipinski definition) is 3. The molecule has 0 aliphatic carbocycles. The Morgan fingerprint density at radius 2 is 1.72 bits per heavy atom. The highest BCUT2D eigenvalue weighted by molar-refractivity contribution is 7.86. The first-order valence-corrected chi connectivity index (χ1v) is 10.1. The van der Waals surface area contributed by atoms with Crippen molar-refractivity contribution in [2.45, 2.75) is 17.2 Å². The highest BCUT2D eigenvalue weighted by atomic mass is 32.2. The number of anilines is 1. The quantitative estimate of drug-likeness (QED) is 0.397. The minimum atomic E-state index is -4.35. The molecule has 0 saturated carbocycles. The summed E-state index contributed by atoms with van der Waals surface area (Å²) < 4.78 is 30.9. The van der Waals surface area contributed by atoms with E-state index in [1.807, 2.05) is 0 Å². The van der Waals surface area contributed by atoms with Gasteiger partial charge >= 0.3 is 0 Å². The molecule has 5 N–H and O–H groups in total. The number of benzene rings is 2. The molecule has 150 valence electrons. The Bertz CT molecular complexity index is 1090. The summed E-state index contributed by atoms with van der Waals surface area (Å²) in [6, 6.07) is 16.9. The van der Waals surface area contributed by atoms with Crippen LogP contribution in [0.5, 0.6) is 0 Å². The largest absolute Gasteiger partial charge is 0.326 e. The number of hydrogen-bond acceptors (Lipinski definition) is 7. The Balaban J connectivity index is 2.04.